The number of aromatic nitrogens is 5. The molecule has 1 aliphatic heterocycles. The van der Waals surface area contributed by atoms with Crippen molar-refractivity contribution in [3.8, 4) is 0 Å². The number of hydrogen-bond acceptors (Lipinski definition) is 5. The summed E-state index contributed by atoms with van der Waals surface area (Å²) in [5.41, 5.74) is 2.12. The molecule has 4 rings (SSSR count). The topological polar surface area (TPSA) is 88.9 Å². The van der Waals surface area contributed by atoms with Crippen LogP contribution in [0.4, 0.5) is 0 Å². The van der Waals surface area contributed by atoms with Gasteiger partial charge < -0.3 is 14.2 Å². The molecule has 0 bridgehead atoms. The summed E-state index contributed by atoms with van der Waals surface area (Å²) in [6.07, 6.45) is 5.81. The first-order chi connectivity index (χ1) is 12.8. The van der Waals surface area contributed by atoms with Crippen molar-refractivity contribution in [1.29, 1.82) is 0 Å². The number of carbonyl (C=O) groups is 1. The van der Waals surface area contributed by atoms with Crippen LogP contribution in [0, 0.1) is 0 Å². The lowest BCUT2D eigenvalue weighted by atomic mass is 9.96. The minimum Gasteiger partial charge on any atom is -0.383 e. The van der Waals surface area contributed by atoms with Gasteiger partial charge in [-0.1, -0.05) is 0 Å². The molecule has 2 aromatic heterocycles. The summed E-state index contributed by atoms with van der Waals surface area (Å²) in [6.45, 7) is 2.88. The number of hydrogen-bond donors (Lipinski definition) is 1. The van der Waals surface area contributed by atoms with Crippen LogP contribution in [0.15, 0.2) is 30.6 Å². The second kappa shape index (κ2) is 7.25. The van der Waals surface area contributed by atoms with Gasteiger partial charge in [0, 0.05) is 50.6 Å². The highest BCUT2D eigenvalue weighted by atomic mass is 16.5. The van der Waals surface area contributed by atoms with Crippen LogP contribution in [0.25, 0.3) is 11.0 Å². The molecular formula is C18H22N6O2. The average Bonchev–Trinajstić information content (AvgIpc) is 3.34. The van der Waals surface area contributed by atoms with Gasteiger partial charge in [0.05, 0.1) is 6.61 Å². The van der Waals surface area contributed by atoms with Gasteiger partial charge in [0.15, 0.2) is 0 Å². The van der Waals surface area contributed by atoms with Gasteiger partial charge in [0.2, 0.25) is 0 Å². The quantitative estimate of drug-likeness (QED) is 0.755. The Balaban J connectivity index is 1.51. The van der Waals surface area contributed by atoms with E-state index in [1.807, 2.05) is 29.4 Å². The average molecular weight is 354 g/mol. The Bertz CT molecular complexity index is 902. The van der Waals surface area contributed by atoms with E-state index in [1.54, 1.807) is 13.2 Å². The number of benzene rings is 1. The molecular weight excluding hydrogens is 332 g/mol. The zero-order valence-corrected chi connectivity index (χ0v) is 14.8. The number of H-pyrrole nitrogens is 1. The van der Waals surface area contributed by atoms with E-state index in [0.717, 1.165) is 37.3 Å². The Morgan fingerprint density at radius 2 is 2.23 bits per heavy atom. The molecule has 136 valence electrons. The van der Waals surface area contributed by atoms with E-state index in [0.29, 0.717) is 24.2 Å². The number of amides is 1. The highest BCUT2D eigenvalue weighted by Crippen LogP contribution is 2.27. The molecule has 1 aromatic carbocycles. The van der Waals surface area contributed by atoms with Gasteiger partial charge in [-0.05, 0) is 31.0 Å². The van der Waals surface area contributed by atoms with Crippen molar-refractivity contribution in [2.75, 3.05) is 26.8 Å². The van der Waals surface area contributed by atoms with Crippen molar-refractivity contribution in [1.82, 2.24) is 29.9 Å². The molecule has 1 atom stereocenters. The number of aromatic amines is 1. The number of nitrogens with one attached hydrogen (secondary N) is 1. The molecule has 0 aliphatic carbocycles. The maximum atomic E-state index is 13.0. The SMILES string of the molecule is COCCn1ccnc1[C@H]1CCCN(C(=O)c2ccc3n[nH]nc3c2)C1. The summed E-state index contributed by atoms with van der Waals surface area (Å²) >= 11 is 0. The number of nitrogens with zero attached hydrogens (tertiary/aromatic N) is 5. The van der Waals surface area contributed by atoms with Gasteiger partial charge >= 0.3 is 0 Å². The van der Waals surface area contributed by atoms with Gasteiger partial charge in [0.25, 0.3) is 5.91 Å². The summed E-state index contributed by atoms with van der Waals surface area (Å²) < 4.78 is 7.30. The fraction of sp³-hybridized carbons (Fsp3) is 0.444. The lowest BCUT2D eigenvalue weighted by Gasteiger charge is -2.32. The Morgan fingerprint density at radius 3 is 3.12 bits per heavy atom. The van der Waals surface area contributed by atoms with Gasteiger partial charge in [-0.2, -0.15) is 15.4 Å². The molecule has 0 spiro atoms. The predicted molar refractivity (Wildman–Crippen MR) is 95.9 cm³/mol. The number of carbonyl (C=O) groups excluding carboxylic acids is 1. The third kappa shape index (κ3) is 3.20. The zero-order valence-electron chi connectivity index (χ0n) is 14.8. The van der Waals surface area contributed by atoms with Crippen LogP contribution in [0.5, 0.6) is 0 Å². The molecule has 1 amide bonds. The minimum absolute atomic E-state index is 0.0367. The normalized spacial score (nSPS) is 17.7. The summed E-state index contributed by atoms with van der Waals surface area (Å²) in [5.74, 6) is 1.32. The number of piperidine rings is 1. The van der Waals surface area contributed by atoms with Crippen LogP contribution in [0.1, 0.15) is 34.9 Å². The first-order valence-corrected chi connectivity index (χ1v) is 8.86. The molecule has 26 heavy (non-hydrogen) atoms. The molecule has 3 aromatic rings. The van der Waals surface area contributed by atoms with Gasteiger partial charge in [-0.25, -0.2) is 4.98 Å². The number of ether oxygens (including phenoxy) is 1. The van der Waals surface area contributed by atoms with Crippen molar-refractivity contribution in [3.63, 3.8) is 0 Å². The maximum Gasteiger partial charge on any atom is 0.253 e. The monoisotopic (exact) mass is 354 g/mol. The first kappa shape index (κ1) is 16.7. The standard InChI is InChI=1S/C18H22N6O2/c1-26-10-9-23-8-6-19-17(23)14-3-2-7-24(12-14)18(25)13-4-5-15-16(11-13)21-22-20-15/h4-6,8,11,14H,2-3,7,9-10,12H2,1H3,(H,20,21,22)/t14-/m0/s1. The van der Waals surface area contributed by atoms with E-state index in [4.69, 9.17) is 4.74 Å². The second-order valence-corrected chi connectivity index (χ2v) is 6.59. The predicted octanol–water partition coefficient (Wildman–Crippen LogP) is 1.82. The van der Waals surface area contributed by atoms with E-state index in [9.17, 15) is 4.79 Å². The van der Waals surface area contributed by atoms with Crippen LogP contribution in [-0.4, -0.2) is 62.6 Å². The lowest BCUT2D eigenvalue weighted by Crippen LogP contribution is -2.39. The van der Waals surface area contributed by atoms with Crippen molar-refractivity contribution in [3.05, 3.63) is 42.0 Å². The largest absolute Gasteiger partial charge is 0.383 e. The number of likely N-dealkylation sites (tertiary alicyclic amines) is 1. The third-order valence-electron chi connectivity index (χ3n) is 4.92. The molecule has 3 heterocycles. The van der Waals surface area contributed by atoms with Crippen molar-refractivity contribution < 1.29 is 9.53 Å². The number of imidazole rings is 1. The molecule has 0 unspecified atom stereocenters. The number of fused-ring (bicyclic) bond motifs is 1. The number of methoxy groups -OCH3 is 1. The van der Waals surface area contributed by atoms with E-state index in [2.05, 4.69) is 25.0 Å². The van der Waals surface area contributed by atoms with E-state index < -0.39 is 0 Å². The Kier molecular flexibility index (Phi) is 4.66. The fourth-order valence-corrected chi connectivity index (χ4v) is 3.59. The molecule has 8 nitrogen and oxygen atoms in total. The van der Waals surface area contributed by atoms with Crippen molar-refractivity contribution >= 4 is 16.9 Å². The van der Waals surface area contributed by atoms with Crippen LogP contribution < -0.4 is 0 Å². The lowest BCUT2D eigenvalue weighted by molar-refractivity contribution is 0.0702. The highest BCUT2D eigenvalue weighted by molar-refractivity contribution is 5.97. The van der Waals surface area contributed by atoms with Crippen LogP contribution in [0.3, 0.4) is 0 Å². The Morgan fingerprint density at radius 1 is 1.35 bits per heavy atom. The Hall–Kier alpha value is -2.74. The summed E-state index contributed by atoms with van der Waals surface area (Å²) in [6, 6.07) is 5.44. The minimum atomic E-state index is 0.0367. The molecule has 0 radical (unpaired) electrons. The first-order valence-electron chi connectivity index (χ1n) is 8.86. The smallest absolute Gasteiger partial charge is 0.253 e. The molecule has 0 saturated carbocycles. The molecule has 1 aliphatic rings. The summed E-state index contributed by atoms with van der Waals surface area (Å²) in [7, 11) is 1.70. The Labute approximate surface area is 151 Å². The van der Waals surface area contributed by atoms with Crippen LogP contribution in [-0.2, 0) is 11.3 Å². The van der Waals surface area contributed by atoms with Gasteiger partial charge in [-0.3, -0.25) is 4.79 Å². The van der Waals surface area contributed by atoms with Crippen molar-refractivity contribution in [2.24, 2.45) is 0 Å². The molecule has 1 saturated heterocycles. The van der Waals surface area contributed by atoms with Gasteiger partial charge in [0.1, 0.15) is 16.9 Å². The number of rotatable bonds is 5. The molecule has 1 fully saturated rings. The van der Waals surface area contributed by atoms with E-state index in [1.165, 1.54) is 0 Å². The molecule has 1 N–H and O–H groups in total. The molecule has 8 heteroatoms. The summed E-state index contributed by atoms with van der Waals surface area (Å²) in [5, 5.41) is 10.7. The van der Waals surface area contributed by atoms with Crippen molar-refractivity contribution in [2.45, 2.75) is 25.3 Å². The van der Waals surface area contributed by atoms with Gasteiger partial charge in [-0.15, -0.1) is 0 Å². The zero-order chi connectivity index (χ0) is 17.9. The second-order valence-electron chi connectivity index (χ2n) is 6.59. The van der Waals surface area contributed by atoms with E-state index >= 15 is 0 Å². The van der Waals surface area contributed by atoms with Crippen LogP contribution >= 0.6 is 0 Å². The summed E-state index contributed by atoms with van der Waals surface area (Å²) in [4.78, 5) is 19.4. The highest BCUT2D eigenvalue weighted by Gasteiger charge is 2.28. The third-order valence-corrected chi connectivity index (χ3v) is 4.92. The fourth-order valence-electron chi connectivity index (χ4n) is 3.59. The van der Waals surface area contributed by atoms with E-state index in [-0.39, 0.29) is 11.8 Å². The maximum absolute atomic E-state index is 13.0. The van der Waals surface area contributed by atoms with Crippen LogP contribution in [0.2, 0.25) is 0 Å².